The van der Waals surface area contributed by atoms with E-state index < -0.39 is 85.4 Å². The van der Waals surface area contributed by atoms with E-state index in [4.69, 9.17) is 0 Å². The van der Waals surface area contributed by atoms with Crippen molar-refractivity contribution in [3.63, 3.8) is 0 Å². The largest absolute Gasteiger partial charge is 0.203 e. The summed E-state index contributed by atoms with van der Waals surface area (Å²) in [6.07, 6.45) is 0. The maximum Gasteiger partial charge on any atom is 0.200 e. The molecule has 0 aliphatic heterocycles. The third kappa shape index (κ3) is 7.20. The number of hydrogen-bond acceptors (Lipinski definition) is 0. The standard InChI is InChI=1S/C54H50F10Si2/c1-25(2)65(26(3)4,27(5)6)19-17-35-37-21-31(43-45(55)49(59)53(63)50(60)46(43)56)13-15-33(37)39-24-42-36(18-20-66(28(7)8,29(9)10)30(11)12)38-22-32(14-16-34(38)40(42)23-41(35)39)44-47(57)51(61)54(64)52(62)48(44)58/h13-16,21-30H,1-12H3. The van der Waals surface area contributed by atoms with Gasteiger partial charge >= 0.3 is 0 Å². The van der Waals surface area contributed by atoms with E-state index in [1.807, 2.05) is 12.1 Å². The molecule has 0 fully saturated rings. The lowest BCUT2D eigenvalue weighted by atomic mass is 9.95. The summed E-state index contributed by atoms with van der Waals surface area (Å²) in [5.41, 5.74) is 10.2. The highest BCUT2D eigenvalue weighted by Crippen LogP contribution is 2.45. The zero-order valence-electron chi connectivity index (χ0n) is 38.9. The van der Waals surface area contributed by atoms with Gasteiger partial charge in [0.25, 0.3) is 0 Å². The lowest BCUT2D eigenvalue weighted by molar-refractivity contribution is 0.381. The van der Waals surface area contributed by atoms with Gasteiger partial charge in [-0.1, -0.05) is 119 Å². The van der Waals surface area contributed by atoms with Crippen LogP contribution in [0.1, 0.15) is 94.2 Å². The molecule has 0 atom stereocenters. The van der Waals surface area contributed by atoms with Crippen molar-refractivity contribution in [2.75, 3.05) is 0 Å². The molecule has 0 aromatic heterocycles. The fourth-order valence-electron chi connectivity index (χ4n) is 11.2. The summed E-state index contributed by atoms with van der Waals surface area (Å²) in [6, 6.07) is 12.3. The summed E-state index contributed by atoms with van der Waals surface area (Å²) in [6.45, 7) is 25.7. The summed E-state index contributed by atoms with van der Waals surface area (Å²) >= 11 is 0. The topological polar surface area (TPSA) is 0 Å². The lowest BCUT2D eigenvalue weighted by Gasteiger charge is -2.38. The summed E-state index contributed by atoms with van der Waals surface area (Å²) < 4.78 is 149. The van der Waals surface area contributed by atoms with Crippen LogP contribution in [0.2, 0.25) is 33.2 Å². The number of halogens is 10. The maximum atomic E-state index is 15.4. The van der Waals surface area contributed by atoms with E-state index >= 15 is 17.6 Å². The number of benzene rings is 5. The lowest BCUT2D eigenvalue weighted by Crippen LogP contribution is -2.43. The van der Waals surface area contributed by atoms with Gasteiger partial charge in [0, 0.05) is 11.1 Å². The van der Waals surface area contributed by atoms with Gasteiger partial charge in [0.15, 0.2) is 46.5 Å². The van der Waals surface area contributed by atoms with Crippen LogP contribution in [0.25, 0.3) is 55.7 Å². The molecule has 0 N–H and O–H groups in total. The molecule has 0 saturated heterocycles. The average Bonchev–Trinajstić information content (AvgIpc) is 3.72. The molecule has 0 saturated carbocycles. The molecule has 5 aromatic rings. The molecule has 0 spiro atoms. The van der Waals surface area contributed by atoms with Crippen molar-refractivity contribution in [1.82, 2.24) is 0 Å². The first kappa shape index (κ1) is 48.6. The molecule has 0 unspecified atom stereocenters. The van der Waals surface area contributed by atoms with Crippen LogP contribution < -0.4 is 10.4 Å². The monoisotopic (exact) mass is 944 g/mol. The third-order valence-electron chi connectivity index (χ3n) is 14.4. The summed E-state index contributed by atoms with van der Waals surface area (Å²) in [4.78, 5) is 0. The van der Waals surface area contributed by atoms with E-state index in [0.29, 0.717) is 55.0 Å². The SMILES string of the molecule is CC(C)[Si](C#CC1=c2cc3c(cc2-c2ccc(-c4c(F)c(F)c(F)c(F)c4F)cc21)=C(C#C[Si](C(C)C)(C(C)C)C(C)C)c1cc(-c2c(F)c(F)c(F)c(F)c2F)ccc1-3)(C(C)C)C(C)C. The Kier molecular flexibility index (Phi) is 12.8. The van der Waals surface area contributed by atoms with Gasteiger partial charge < -0.3 is 0 Å². The summed E-state index contributed by atoms with van der Waals surface area (Å²) in [5, 5.41) is 1.23. The van der Waals surface area contributed by atoms with Crippen LogP contribution in [0.3, 0.4) is 0 Å². The summed E-state index contributed by atoms with van der Waals surface area (Å²) in [7, 11) is -4.92. The van der Waals surface area contributed by atoms with Gasteiger partial charge in [0.05, 0.1) is 11.1 Å². The second-order valence-corrected chi connectivity index (χ2v) is 30.6. The van der Waals surface area contributed by atoms with E-state index in [2.05, 4.69) is 106 Å². The Bertz CT molecular complexity index is 2820. The zero-order chi connectivity index (χ0) is 48.8. The van der Waals surface area contributed by atoms with Gasteiger partial charge in [-0.2, -0.15) is 0 Å². The molecular weight excluding hydrogens is 895 g/mol. The Morgan fingerprint density at radius 1 is 0.318 bits per heavy atom. The molecule has 7 rings (SSSR count). The van der Waals surface area contributed by atoms with Gasteiger partial charge in [0.1, 0.15) is 16.1 Å². The van der Waals surface area contributed by atoms with Crippen LogP contribution in [-0.4, -0.2) is 16.1 Å². The van der Waals surface area contributed by atoms with E-state index in [9.17, 15) is 26.3 Å². The fourth-order valence-corrected chi connectivity index (χ4v) is 21.6. The first-order chi connectivity index (χ1) is 30.9. The molecular formula is C54H50F10Si2. The first-order valence-electron chi connectivity index (χ1n) is 22.2. The van der Waals surface area contributed by atoms with Gasteiger partial charge in [-0.05, 0) is 112 Å². The van der Waals surface area contributed by atoms with Crippen molar-refractivity contribution in [1.29, 1.82) is 0 Å². The second-order valence-electron chi connectivity index (χ2n) is 19.4. The van der Waals surface area contributed by atoms with Gasteiger partial charge in [-0.15, -0.1) is 11.1 Å². The Balaban J connectivity index is 1.62. The molecule has 0 bridgehead atoms. The second kappa shape index (κ2) is 17.4. The van der Waals surface area contributed by atoms with Gasteiger partial charge in [-0.25, -0.2) is 43.9 Å². The van der Waals surface area contributed by atoms with Gasteiger partial charge in [0.2, 0.25) is 11.6 Å². The van der Waals surface area contributed by atoms with E-state index in [0.717, 1.165) is 0 Å². The number of fused-ring (bicyclic) bond motifs is 6. The van der Waals surface area contributed by atoms with E-state index in [1.165, 1.54) is 24.3 Å². The number of hydrogen-bond donors (Lipinski definition) is 0. The highest BCUT2D eigenvalue weighted by atomic mass is 28.3. The van der Waals surface area contributed by atoms with Crippen LogP contribution in [-0.2, 0) is 0 Å². The zero-order valence-corrected chi connectivity index (χ0v) is 40.9. The molecule has 66 heavy (non-hydrogen) atoms. The smallest absolute Gasteiger partial charge is 0.200 e. The molecule has 12 heteroatoms. The first-order valence-corrected chi connectivity index (χ1v) is 26.6. The van der Waals surface area contributed by atoms with E-state index in [-0.39, 0.29) is 44.4 Å². The van der Waals surface area contributed by atoms with Crippen molar-refractivity contribution < 1.29 is 43.9 Å². The normalized spacial score (nSPS) is 13.2. The highest BCUT2D eigenvalue weighted by Gasteiger charge is 2.43. The summed E-state index contributed by atoms with van der Waals surface area (Å²) in [5.74, 6) is -13.7. The predicted molar refractivity (Wildman–Crippen MR) is 250 cm³/mol. The molecule has 2 aliphatic carbocycles. The van der Waals surface area contributed by atoms with Crippen molar-refractivity contribution in [2.45, 2.75) is 116 Å². The van der Waals surface area contributed by atoms with Crippen LogP contribution >= 0.6 is 0 Å². The predicted octanol–water partition coefficient (Wildman–Crippen LogP) is 15.2. The molecule has 5 aromatic carbocycles. The minimum absolute atomic E-state index is 0.207. The maximum absolute atomic E-state index is 15.4. The molecule has 2 aliphatic rings. The molecule has 0 heterocycles. The van der Waals surface area contributed by atoms with Crippen molar-refractivity contribution >= 4 is 27.3 Å². The Morgan fingerprint density at radius 3 is 0.833 bits per heavy atom. The van der Waals surface area contributed by atoms with Crippen LogP contribution in [0.5, 0.6) is 0 Å². The fraction of sp³-hybridized carbons (Fsp3) is 0.333. The van der Waals surface area contributed by atoms with Crippen LogP contribution in [0.4, 0.5) is 43.9 Å². The minimum Gasteiger partial charge on any atom is -0.203 e. The molecule has 0 radical (unpaired) electrons. The number of rotatable bonds is 8. The average molecular weight is 945 g/mol. The minimum atomic E-state index is -2.46. The van der Waals surface area contributed by atoms with Gasteiger partial charge in [-0.3, -0.25) is 0 Å². The quantitative estimate of drug-likeness (QED) is 0.0478. The molecule has 344 valence electrons. The van der Waals surface area contributed by atoms with Crippen LogP contribution in [0.15, 0.2) is 48.5 Å². The van der Waals surface area contributed by atoms with Crippen molar-refractivity contribution in [2.24, 2.45) is 0 Å². The van der Waals surface area contributed by atoms with Crippen molar-refractivity contribution in [3.8, 4) is 67.4 Å². The Labute approximate surface area is 381 Å². The Hall–Kier alpha value is -5.31. The third-order valence-corrected chi connectivity index (χ3v) is 27.0. The van der Waals surface area contributed by atoms with Crippen molar-refractivity contribution in [3.05, 3.63) is 128 Å². The van der Waals surface area contributed by atoms with Crippen LogP contribution in [0, 0.1) is 81.1 Å². The molecule has 0 amide bonds. The Morgan fingerprint density at radius 2 is 0.576 bits per heavy atom. The molecule has 0 nitrogen and oxygen atoms in total. The van der Waals surface area contributed by atoms with E-state index in [1.54, 1.807) is 12.1 Å². The highest BCUT2D eigenvalue weighted by molar-refractivity contribution is 6.91.